The van der Waals surface area contributed by atoms with Crippen molar-refractivity contribution in [3.05, 3.63) is 29.8 Å². The fourth-order valence-electron chi connectivity index (χ4n) is 1.34. The molecule has 1 heterocycles. The third kappa shape index (κ3) is 3.31. The number of ether oxygens (including phenoxy) is 1. The van der Waals surface area contributed by atoms with Gasteiger partial charge in [-0.2, -0.15) is 0 Å². The third-order valence-corrected chi connectivity index (χ3v) is 4.78. The number of carbonyl (C=O) groups excluding carboxylic acids is 1. The first-order chi connectivity index (χ1) is 9.40. The van der Waals surface area contributed by atoms with Gasteiger partial charge in [0.1, 0.15) is 5.75 Å². The van der Waals surface area contributed by atoms with Crippen LogP contribution in [-0.4, -0.2) is 37.9 Å². The van der Waals surface area contributed by atoms with Crippen LogP contribution in [0.5, 0.6) is 5.75 Å². The van der Waals surface area contributed by atoms with E-state index in [2.05, 4.69) is 15.5 Å². The van der Waals surface area contributed by atoms with E-state index in [0.717, 1.165) is 17.6 Å². The number of nitrogens with zero attached hydrogens (tertiary/aromatic N) is 2. The van der Waals surface area contributed by atoms with Crippen LogP contribution in [0.25, 0.3) is 0 Å². The number of hydrogen-bond acceptors (Lipinski definition) is 7. The van der Waals surface area contributed by atoms with Crippen LogP contribution < -0.4 is 10.1 Å². The van der Waals surface area contributed by atoms with Gasteiger partial charge in [0.05, 0.1) is 7.11 Å². The average molecular weight is 313 g/mol. The lowest BCUT2D eigenvalue weighted by molar-refractivity contribution is 0.102. The predicted octanol–water partition coefficient (Wildman–Crippen LogP) is 1.20. The van der Waals surface area contributed by atoms with Gasteiger partial charge < -0.3 is 4.74 Å². The second kappa shape index (κ2) is 5.55. The Kier molecular flexibility index (Phi) is 4.00. The maximum Gasteiger partial charge on any atom is 0.257 e. The number of nitrogens with one attached hydrogen (secondary N) is 1. The smallest absolute Gasteiger partial charge is 0.257 e. The summed E-state index contributed by atoms with van der Waals surface area (Å²) in [5.74, 6) is 0.131. The largest absolute Gasteiger partial charge is 0.497 e. The summed E-state index contributed by atoms with van der Waals surface area (Å²) in [7, 11) is -1.92. The fourth-order valence-corrected chi connectivity index (χ4v) is 2.85. The molecule has 0 spiro atoms. The lowest BCUT2D eigenvalue weighted by Crippen LogP contribution is -2.11. The van der Waals surface area contributed by atoms with E-state index in [0.29, 0.717) is 11.3 Å². The van der Waals surface area contributed by atoms with Gasteiger partial charge in [0, 0.05) is 11.8 Å². The Labute approximate surface area is 119 Å². The van der Waals surface area contributed by atoms with Crippen molar-refractivity contribution in [1.82, 2.24) is 10.2 Å². The molecule has 7 nitrogen and oxygen atoms in total. The highest BCUT2D eigenvalue weighted by Crippen LogP contribution is 2.21. The fraction of sp³-hybridized carbons (Fsp3) is 0.182. The second-order valence-electron chi connectivity index (χ2n) is 3.83. The lowest BCUT2D eigenvalue weighted by Gasteiger charge is -2.03. The van der Waals surface area contributed by atoms with E-state index in [1.807, 2.05) is 0 Å². The van der Waals surface area contributed by atoms with E-state index in [1.54, 1.807) is 24.3 Å². The molecule has 1 N–H and O–H groups in total. The van der Waals surface area contributed by atoms with E-state index >= 15 is 0 Å². The molecular formula is C11H11N3O4S2. The van der Waals surface area contributed by atoms with Gasteiger partial charge in [-0.15, -0.1) is 10.2 Å². The molecule has 0 aliphatic heterocycles. The van der Waals surface area contributed by atoms with Gasteiger partial charge in [0.25, 0.3) is 5.91 Å². The van der Waals surface area contributed by atoms with Crippen LogP contribution in [0.1, 0.15) is 10.4 Å². The normalized spacial score (nSPS) is 11.1. The predicted molar refractivity (Wildman–Crippen MR) is 74.0 cm³/mol. The van der Waals surface area contributed by atoms with Crippen LogP contribution in [0.15, 0.2) is 28.6 Å². The number of hydrogen-bond donors (Lipinski definition) is 1. The number of anilines is 1. The molecule has 1 aromatic carbocycles. The van der Waals surface area contributed by atoms with Crippen molar-refractivity contribution in [2.45, 2.75) is 4.34 Å². The van der Waals surface area contributed by atoms with Crippen molar-refractivity contribution in [2.75, 3.05) is 18.7 Å². The minimum atomic E-state index is -3.42. The molecule has 20 heavy (non-hydrogen) atoms. The molecule has 2 aromatic rings. The molecule has 2 rings (SSSR count). The quantitative estimate of drug-likeness (QED) is 0.852. The Balaban J connectivity index is 2.17. The molecule has 1 amide bonds. The van der Waals surface area contributed by atoms with Crippen molar-refractivity contribution in [1.29, 1.82) is 0 Å². The maximum atomic E-state index is 12.0. The van der Waals surface area contributed by atoms with Gasteiger partial charge in [-0.25, -0.2) is 8.42 Å². The van der Waals surface area contributed by atoms with Gasteiger partial charge in [0.15, 0.2) is 0 Å². The summed E-state index contributed by atoms with van der Waals surface area (Å²) in [6, 6.07) is 6.56. The SMILES string of the molecule is COc1cccc(C(=O)Nc2nnc(S(C)(=O)=O)s2)c1. The molecule has 1 aromatic heterocycles. The number of aromatic nitrogens is 2. The Morgan fingerprint density at radius 1 is 1.35 bits per heavy atom. The molecule has 0 atom stereocenters. The maximum absolute atomic E-state index is 12.0. The summed E-state index contributed by atoms with van der Waals surface area (Å²) in [5, 5.41) is 9.74. The zero-order valence-electron chi connectivity index (χ0n) is 10.7. The molecule has 0 unspecified atom stereocenters. The third-order valence-electron chi connectivity index (χ3n) is 2.28. The highest BCUT2D eigenvalue weighted by molar-refractivity contribution is 7.92. The van der Waals surface area contributed by atoms with E-state index in [9.17, 15) is 13.2 Å². The van der Waals surface area contributed by atoms with Crippen molar-refractivity contribution in [3.8, 4) is 5.75 Å². The highest BCUT2D eigenvalue weighted by Gasteiger charge is 2.16. The Morgan fingerprint density at radius 3 is 2.70 bits per heavy atom. The number of rotatable bonds is 4. The first kappa shape index (κ1) is 14.4. The van der Waals surface area contributed by atoms with Crippen molar-refractivity contribution in [3.63, 3.8) is 0 Å². The zero-order valence-corrected chi connectivity index (χ0v) is 12.3. The number of methoxy groups -OCH3 is 1. The van der Waals surface area contributed by atoms with E-state index in [1.165, 1.54) is 7.11 Å². The number of benzene rings is 1. The monoisotopic (exact) mass is 313 g/mol. The molecule has 106 valence electrons. The van der Waals surface area contributed by atoms with Gasteiger partial charge in [-0.3, -0.25) is 10.1 Å². The highest BCUT2D eigenvalue weighted by atomic mass is 32.2. The minimum Gasteiger partial charge on any atom is -0.497 e. The second-order valence-corrected chi connectivity index (χ2v) is 7.00. The molecule has 0 bridgehead atoms. The lowest BCUT2D eigenvalue weighted by atomic mass is 10.2. The van der Waals surface area contributed by atoms with E-state index in [4.69, 9.17) is 4.74 Å². The van der Waals surface area contributed by atoms with Crippen LogP contribution in [0.4, 0.5) is 5.13 Å². The molecule has 9 heteroatoms. The Bertz CT molecular complexity index is 740. The zero-order chi connectivity index (χ0) is 14.8. The van der Waals surface area contributed by atoms with Gasteiger partial charge in [-0.1, -0.05) is 17.4 Å². The standard InChI is InChI=1S/C11H11N3O4S2/c1-18-8-5-3-4-7(6-8)9(15)12-10-13-14-11(19-10)20(2,16)17/h3-6H,1-2H3,(H,12,13,15). The van der Waals surface area contributed by atoms with Crippen molar-refractivity contribution in [2.24, 2.45) is 0 Å². The summed E-state index contributed by atoms with van der Waals surface area (Å²) in [6.45, 7) is 0. The summed E-state index contributed by atoms with van der Waals surface area (Å²) >= 11 is 0.799. The summed E-state index contributed by atoms with van der Waals surface area (Å²) in [4.78, 5) is 12.0. The Morgan fingerprint density at radius 2 is 2.10 bits per heavy atom. The number of sulfone groups is 1. The van der Waals surface area contributed by atoms with Gasteiger partial charge in [0.2, 0.25) is 19.3 Å². The minimum absolute atomic E-state index is 0.123. The number of amides is 1. The first-order valence-corrected chi connectivity index (χ1v) is 8.10. The van der Waals surface area contributed by atoms with Crippen LogP contribution >= 0.6 is 11.3 Å². The van der Waals surface area contributed by atoms with Crippen molar-refractivity contribution >= 4 is 32.2 Å². The van der Waals surface area contributed by atoms with E-state index in [-0.39, 0.29) is 9.47 Å². The molecule has 0 fully saturated rings. The summed E-state index contributed by atoms with van der Waals surface area (Å²) < 4.78 is 27.4. The molecule has 0 saturated carbocycles. The Hall–Kier alpha value is -2.00. The van der Waals surface area contributed by atoms with Crippen molar-refractivity contribution < 1.29 is 17.9 Å². The van der Waals surface area contributed by atoms with E-state index < -0.39 is 15.7 Å². The molecule has 0 aliphatic rings. The first-order valence-electron chi connectivity index (χ1n) is 5.39. The molecule has 0 radical (unpaired) electrons. The van der Waals surface area contributed by atoms with Gasteiger partial charge in [-0.05, 0) is 18.2 Å². The summed E-state index contributed by atoms with van der Waals surface area (Å²) in [5.41, 5.74) is 0.375. The van der Waals surface area contributed by atoms with Crippen LogP contribution in [0.3, 0.4) is 0 Å². The van der Waals surface area contributed by atoms with Crippen LogP contribution in [0.2, 0.25) is 0 Å². The molecule has 0 saturated heterocycles. The van der Waals surface area contributed by atoms with Crippen LogP contribution in [-0.2, 0) is 9.84 Å². The topological polar surface area (TPSA) is 98.2 Å². The molecule has 0 aliphatic carbocycles. The van der Waals surface area contributed by atoms with Gasteiger partial charge >= 0.3 is 0 Å². The van der Waals surface area contributed by atoms with Crippen LogP contribution in [0, 0.1) is 0 Å². The summed E-state index contributed by atoms with van der Waals surface area (Å²) in [6.07, 6.45) is 1.03. The average Bonchev–Trinajstić information content (AvgIpc) is 2.87. The molecular weight excluding hydrogens is 302 g/mol. The number of carbonyl (C=O) groups is 1.